The fourth-order valence-corrected chi connectivity index (χ4v) is 2.75. The minimum Gasteiger partial charge on any atom is -0.469 e. The summed E-state index contributed by atoms with van der Waals surface area (Å²) in [6.07, 6.45) is 2.71. The van der Waals surface area contributed by atoms with Crippen molar-refractivity contribution in [3.63, 3.8) is 0 Å². The van der Waals surface area contributed by atoms with Gasteiger partial charge in [0.2, 0.25) is 5.95 Å². The van der Waals surface area contributed by atoms with Gasteiger partial charge in [0.1, 0.15) is 0 Å². The average Bonchev–Trinajstić information content (AvgIpc) is 2.94. The van der Waals surface area contributed by atoms with E-state index in [4.69, 9.17) is 10.5 Å². The lowest BCUT2D eigenvalue weighted by Crippen LogP contribution is -2.05. The number of carbonyl (C=O) groups is 1. The Morgan fingerprint density at radius 3 is 2.83 bits per heavy atom. The van der Waals surface area contributed by atoms with Crippen molar-refractivity contribution in [2.75, 3.05) is 12.8 Å². The predicted molar refractivity (Wildman–Crippen MR) is 91.3 cm³/mol. The van der Waals surface area contributed by atoms with Crippen LogP contribution in [0.3, 0.4) is 0 Å². The second-order valence-electron chi connectivity index (χ2n) is 5.55. The number of ether oxygens (including phenoxy) is 1. The van der Waals surface area contributed by atoms with Crippen LogP contribution in [0.2, 0.25) is 0 Å². The number of anilines is 1. The summed E-state index contributed by atoms with van der Waals surface area (Å²) in [5.74, 6) is -0.0397. The molecule has 2 aromatic heterocycles. The van der Waals surface area contributed by atoms with Crippen LogP contribution in [-0.2, 0) is 29.4 Å². The molecule has 7 nitrogen and oxygen atoms in total. The number of rotatable bonds is 4. The van der Waals surface area contributed by atoms with Crippen LogP contribution in [0.4, 0.5) is 5.95 Å². The average molecular weight is 325 g/mol. The maximum Gasteiger partial charge on any atom is 0.311 e. The van der Waals surface area contributed by atoms with Gasteiger partial charge >= 0.3 is 5.97 Å². The number of nitrogen functional groups attached to an aromatic ring is 1. The van der Waals surface area contributed by atoms with Crippen LogP contribution in [0, 0.1) is 0 Å². The first-order chi connectivity index (χ1) is 11.5. The summed E-state index contributed by atoms with van der Waals surface area (Å²) in [5.41, 5.74) is 10.3. The number of aromatic nitrogens is 4. The summed E-state index contributed by atoms with van der Waals surface area (Å²) in [4.78, 5) is 19.9. The molecular weight excluding hydrogens is 306 g/mol. The Labute approximate surface area is 139 Å². The van der Waals surface area contributed by atoms with E-state index in [0.29, 0.717) is 5.69 Å². The molecule has 3 aromatic rings. The normalized spacial score (nSPS) is 11.0. The lowest BCUT2D eigenvalue weighted by molar-refractivity contribution is -0.139. The summed E-state index contributed by atoms with van der Waals surface area (Å²) in [5, 5.41) is 5.31. The van der Waals surface area contributed by atoms with E-state index in [1.165, 1.54) is 7.11 Å². The predicted octanol–water partition coefficient (Wildman–Crippen LogP) is 1.89. The Morgan fingerprint density at radius 2 is 2.12 bits per heavy atom. The van der Waals surface area contributed by atoms with Crippen LogP contribution in [0.25, 0.3) is 22.2 Å². The fourth-order valence-electron chi connectivity index (χ4n) is 2.75. The number of esters is 1. The van der Waals surface area contributed by atoms with Gasteiger partial charge in [0, 0.05) is 24.2 Å². The number of nitrogens with two attached hydrogens (primary N) is 1. The zero-order chi connectivity index (χ0) is 17.3. The molecule has 1 aromatic carbocycles. The molecular formula is C17H19N5O2. The number of methoxy groups -OCH3 is 1. The van der Waals surface area contributed by atoms with Gasteiger partial charge in [-0.3, -0.25) is 9.48 Å². The Bertz CT molecular complexity index is 917. The van der Waals surface area contributed by atoms with Crippen LogP contribution in [0.15, 0.2) is 24.4 Å². The van der Waals surface area contributed by atoms with E-state index >= 15 is 0 Å². The molecule has 0 bridgehead atoms. The fraction of sp³-hybridized carbons (Fsp3) is 0.294. The van der Waals surface area contributed by atoms with Gasteiger partial charge < -0.3 is 10.5 Å². The smallest absolute Gasteiger partial charge is 0.311 e. The van der Waals surface area contributed by atoms with Gasteiger partial charge in [-0.1, -0.05) is 6.92 Å². The van der Waals surface area contributed by atoms with Crippen molar-refractivity contribution in [3.05, 3.63) is 35.7 Å². The van der Waals surface area contributed by atoms with Crippen molar-refractivity contribution >= 4 is 22.8 Å². The lowest BCUT2D eigenvalue weighted by atomic mass is 10.0. The standard InChI is InChI=1S/C17H19N5O2/c1-4-10-5-11(6-12-9-19-17(18)20-16(10)12)14-7-13(21-22(14)2)8-15(23)24-3/h5-7,9H,4,8H2,1-3H3,(H2,18,19,20). The van der Waals surface area contributed by atoms with Gasteiger partial charge in [-0.2, -0.15) is 5.10 Å². The third kappa shape index (κ3) is 2.92. The summed E-state index contributed by atoms with van der Waals surface area (Å²) in [7, 11) is 3.22. The molecule has 124 valence electrons. The third-order valence-electron chi connectivity index (χ3n) is 3.94. The Balaban J connectivity index is 2.09. The molecule has 0 saturated heterocycles. The highest BCUT2D eigenvalue weighted by Gasteiger charge is 2.13. The molecule has 0 atom stereocenters. The molecule has 0 amide bonds. The van der Waals surface area contributed by atoms with E-state index in [-0.39, 0.29) is 18.3 Å². The number of nitrogens with zero attached hydrogens (tertiary/aromatic N) is 4. The van der Waals surface area contributed by atoms with Crippen LogP contribution >= 0.6 is 0 Å². The molecule has 0 unspecified atom stereocenters. The van der Waals surface area contributed by atoms with Crippen molar-refractivity contribution in [3.8, 4) is 11.3 Å². The van der Waals surface area contributed by atoms with E-state index < -0.39 is 0 Å². The second-order valence-corrected chi connectivity index (χ2v) is 5.55. The molecule has 3 rings (SSSR count). The number of fused-ring (bicyclic) bond motifs is 1. The largest absolute Gasteiger partial charge is 0.469 e. The van der Waals surface area contributed by atoms with Crippen LogP contribution in [0.5, 0.6) is 0 Å². The summed E-state index contributed by atoms with van der Waals surface area (Å²) in [6, 6.07) is 5.98. The molecule has 7 heteroatoms. The van der Waals surface area contributed by atoms with E-state index in [1.54, 1.807) is 10.9 Å². The SMILES string of the molecule is CCc1cc(-c2cc(CC(=O)OC)nn2C)cc2cnc(N)nc12. The summed E-state index contributed by atoms with van der Waals surface area (Å²) < 4.78 is 6.46. The maximum absolute atomic E-state index is 11.4. The van der Waals surface area contributed by atoms with Gasteiger partial charge in [0.25, 0.3) is 0 Å². The number of aryl methyl sites for hydroxylation is 2. The highest BCUT2D eigenvalue weighted by atomic mass is 16.5. The van der Waals surface area contributed by atoms with Crippen molar-refractivity contribution in [1.82, 2.24) is 19.7 Å². The minimum absolute atomic E-state index is 0.151. The van der Waals surface area contributed by atoms with E-state index in [2.05, 4.69) is 28.1 Å². The van der Waals surface area contributed by atoms with Crippen molar-refractivity contribution < 1.29 is 9.53 Å². The Hall–Kier alpha value is -2.96. The number of hydrogen-bond donors (Lipinski definition) is 1. The molecule has 0 spiro atoms. The third-order valence-corrected chi connectivity index (χ3v) is 3.94. The van der Waals surface area contributed by atoms with Crippen molar-refractivity contribution in [2.45, 2.75) is 19.8 Å². The Kier molecular flexibility index (Phi) is 4.16. The number of hydrogen-bond acceptors (Lipinski definition) is 6. The first-order valence-electron chi connectivity index (χ1n) is 7.67. The molecule has 0 saturated carbocycles. The molecule has 2 N–H and O–H groups in total. The van der Waals surface area contributed by atoms with E-state index in [9.17, 15) is 4.79 Å². The van der Waals surface area contributed by atoms with Crippen LogP contribution in [-0.4, -0.2) is 32.8 Å². The lowest BCUT2D eigenvalue weighted by Gasteiger charge is -2.09. The monoisotopic (exact) mass is 325 g/mol. The topological polar surface area (TPSA) is 95.9 Å². The Morgan fingerprint density at radius 1 is 1.33 bits per heavy atom. The molecule has 2 heterocycles. The molecule has 24 heavy (non-hydrogen) atoms. The molecule has 0 aliphatic carbocycles. The van der Waals surface area contributed by atoms with E-state index in [1.807, 2.05) is 19.2 Å². The molecule has 0 fully saturated rings. The molecule has 0 aliphatic rings. The first kappa shape index (κ1) is 15.9. The van der Waals surface area contributed by atoms with Gasteiger partial charge in [0.05, 0.1) is 30.4 Å². The van der Waals surface area contributed by atoms with Crippen LogP contribution < -0.4 is 5.73 Å². The van der Waals surface area contributed by atoms with Gasteiger partial charge in [-0.15, -0.1) is 0 Å². The zero-order valence-corrected chi connectivity index (χ0v) is 13.9. The molecule has 0 radical (unpaired) electrons. The minimum atomic E-state index is -0.309. The summed E-state index contributed by atoms with van der Waals surface area (Å²) in [6.45, 7) is 2.07. The second kappa shape index (κ2) is 6.27. The number of carbonyl (C=O) groups excluding carboxylic acids is 1. The first-order valence-corrected chi connectivity index (χ1v) is 7.67. The van der Waals surface area contributed by atoms with Crippen molar-refractivity contribution in [2.24, 2.45) is 7.05 Å². The van der Waals surface area contributed by atoms with Gasteiger partial charge in [-0.25, -0.2) is 9.97 Å². The highest BCUT2D eigenvalue weighted by Crippen LogP contribution is 2.27. The van der Waals surface area contributed by atoms with Crippen molar-refractivity contribution in [1.29, 1.82) is 0 Å². The zero-order valence-electron chi connectivity index (χ0n) is 13.9. The maximum atomic E-state index is 11.4. The number of benzene rings is 1. The van der Waals surface area contributed by atoms with E-state index in [0.717, 1.165) is 34.1 Å². The highest BCUT2D eigenvalue weighted by molar-refractivity contribution is 5.87. The van der Waals surface area contributed by atoms with Gasteiger partial charge in [-0.05, 0) is 30.2 Å². The summed E-state index contributed by atoms with van der Waals surface area (Å²) >= 11 is 0. The van der Waals surface area contributed by atoms with Crippen LogP contribution in [0.1, 0.15) is 18.2 Å². The van der Waals surface area contributed by atoms with Gasteiger partial charge in [0.15, 0.2) is 0 Å². The quantitative estimate of drug-likeness (QED) is 0.736. The molecule has 0 aliphatic heterocycles.